The highest BCUT2D eigenvalue weighted by Gasteiger charge is 2.21. The Hall–Kier alpha value is -2.41. The van der Waals surface area contributed by atoms with E-state index in [2.05, 4.69) is 84.0 Å². The second-order valence-electron chi connectivity index (χ2n) is 7.27. The fraction of sp³-hybridized carbons (Fsp3) is 0.292. The van der Waals surface area contributed by atoms with Crippen LogP contribution in [-0.4, -0.2) is 6.21 Å². The molecule has 0 aromatic heterocycles. The number of hydrogen-bond donors (Lipinski definition) is 0. The van der Waals surface area contributed by atoms with E-state index in [1.807, 2.05) is 6.21 Å². The molecule has 0 amide bonds. The van der Waals surface area contributed by atoms with Gasteiger partial charge in [-0.3, -0.25) is 4.99 Å². The van der Waals surface area contributed by atoms with Crippen molar-refractivity contribution in [1.82, 2.24) is 0 Å². The van der Waals surface area contributed by atoms with Gasteiger partial charge in [-0.2, -0.15) is 0 Å². The lowest BCUT2D eigenvalue weighted by Gasteiger charge is -2.14. The van der Waals surface area contributed by atoms with Gasteiger partial charge in [0, 0.05) is 12.1 Å². The van der Waals surface area contributed by atoms with Gasteiger partial charge in [0.25, 0.3) is 0 Å². The first-order chi connectivity index (χ1) is 11.9. The molecule has 1 aliphatic rings. The van der Waals surface area contributed by atoms with Crippen LogP contribution < -0.4 is 0 Å². The van der Waals surface area contributed by atoms with Crippen LogP contribution in [-0.2, 0) is 0 Å². The van der Waals surface area contributed by atoms with Crippen molar-refractivity contribution in [3.05, 3.63) is 87.0 Å². The molecule has 1 atom stereocenters. The molecule has 1 nitrogen and oxygen atoms in total. The largest absolute Gasteiger partial charge is 0.256 e. The molecule has 1 heteroatoms. The van der Waals surface area contributed by atoms with E-state index < -0.39 is 0 Å². The molecule has 0 saturated carbocycles. The maximum atomic E-state index is 4.85. The third-order valence-electron chi connectivity index (χ3n) is 5.37. The van der Waals surface area contributed by atoms with E-state index in [0.29, 0.717) is 5.92 Å². The van der Waals surface area contributed by atoms with Gasteiger partial charge in [-0.1, -0.05) is 59.2 Å². The van der Waals surface area contributed by atoms with Crippen LogP contribution in [0.1, 0.15) is 54.5 Å². The molecule has 0 aliphatic heterocycles. The maximum absolute atomic E-state index is 4.85. The van der Waals surface area contributed by atoms with Crippen molar-refractivity contribution in [1.29, 1.82) is 0 Å². The number of benzene rings is 2. The first-order valence-electron chi connectivity index (χ1n) is 8.95. The second-order valence-corrected chi connectivity index (χ2v) is 7.27. The van der Waals surface area contributed by atoms with Crippen LogP contribution >= 0.6 is 0 Å². The number of hydrogen-bond acceptors (Lipinski definition) is 1. The highest BCUT2D eigenvalue weighted by Crippen LogP contribution is 2.38. The molecule has 0 N–H and O–H groups in total. The Morgan fingerprint density at radius 3 is 2.12 bits per heavy atom. The van der Waals surface area contributed by atoms with E-state index >= 15 is 0 Å². The van der Waals surface area contributed by atoms with Crippen LogP contribution in [0.25, 0.3) is 0 Å². The quantitative estimate of drug-likeness (QED) is 0.553. The Labute approximate surface area is 151 Å². The molecule has 2 aromatic carbocycles. The zero-order valence-electron chi connectivity index (χ0n) is 16.1. The molecule has 1 aliphatic carbocycles. The third-order valence-corrected chi connectivity index (χ3v) is 5.37. The number of rotatable bonds is 3. The van der Waals surface area contributed by atoms with Gasteiger partial charge in [-0.15, -0.1) is 0 Å². The minimum absolute atomic E-state index is 0.364. The summed E-state index contributed by atoms with van der Waals surface area (Å²) < 4.78 is 0. The normalized spacial score (nSPS) is 17.5. The van der Waals surface area contributed by atoms with Crippen LogP contribution in [0.4, 0.5) is 5.69 Å². The standard InChI is InChI=1S/C24H27N/c1-15-11-17(3)24(18(4)12-15)25-14-21-9-7-8-10-22(21)23-13-16(2)19(5)20(23)6/h7-14,23H,1-6H3. The van der Waals surface area contributed by atoms with Crippen molar-refractivity contribution in [2.45, 2.75) is 47.5 Å². The summed E-state index contributed by atoms with van der Waals surface area (Å²) in [7, 11) is 0. The van der Waals surface area contributed by atoms with E-state index in [1.54, 1.807) is 0 Å². The zero-order chi connectivity index (χ0) is 18.1. The molecule has 128 valence electrons. The first-order valence-corrected chi connectivity index (χ1v) is 8.95. The van der Waals surface area contributed by atoms with Gasteiger partial charge in [-0.25, -0.2) is 0 Å². The fourth-order valence-corrected chi connectivity index (χ4v) is 3.79. The van der Waals surface area contributed by atoms with E-state index in [4.69, 9.17) is 4.99 Å². The Morgan fingerprint density at radius 1 is 0.880 bits per heavy atom. The van der Waals surface area contributed by atoms with E-state index in [1.165, 1.54) is 44.5 Å². The molecule has 0 saturated heterocycles. The summed E-state index contributed by atoms with van der Waals surface area (Å²) >= 11 is 0. The van der Waals surface area contributed by atoms with Crippen molar-refractivity contribution in [3.8, 4) is 0 Å². The lowest BCUT2D eigenvalue weighted by atomic mass is 9.90. The molecule has 2 aromatic rings. The van der Waals surface area contributed by atoms with Gasteiger partial charge in [0.05, 0.1) is 5.69 Å². The van der Waals surface area contributed by atoms with Gasteiger partial charge >= 0.3 is 0 Å². The topological polar surface area (TPSA) is 12.4 Å². The summed E-state index contributed by atoms with van der Waals surface area (Å²) in [5.74, 6) is 0.364. The Morgan fingerprint density at radius 2 is 1.52 bits per heavy atom. The summed E-state index contributed by atoms with van der Waals surface area (Å²) in [6.07, 6.45) is 4.41. The number of aryl methyl sites for hydroxylation is 3. The van der Waals surface area contributed by atoms with Crippen LogP contribution in [0.2, 0.25) is 0 Å². The minimum Gasteiger partial charge on any atom is -0.256 e. The first kappa shape index (κ1) is 17.4. The van der Waals surface area contributed by atoms with Gasteiger partial charge in [0.15, 0.2) is 0 Å². The van der Waals surface area contributed by atoms with Crippen LogP contribution in [0.3, 0.4) is 0 Å². The summed E-state index contributed by atoms with van der Waals surface area (Å²) in [6.45, 7) is 13.1. The molecule has 0 heterocycles. The lowest BCUT2D eigenvalue weighted by Crippen LogP contribution is -2.00. The molecule has 0 radical (unpaired) electrons. The van der Waals surface area contributed by atoms with Gasteiger partial charge in [0.1, 0.15) is 0 Å². The van der Waals surface area contributed by atoms with Crippen molar-refractivity contribution in [2.75, 3.05) is 0 Å². The number of allylic oxidation sites excluding steroid dienone is 4. The number of aliphatic imine (C=N–C) groups is 1. The van der Waals surface area contributed by atoms with Crippen molar-refractivity contribution in [3.63, 3.8) is 0 Å². The Kier molecular flexibility index (Phi) is 4.76. The van der Waals surface area contributed by atoms with Crippen molar-refractivity contribution in [2.24, 2.45) is 4.99 Å². The van der Waals surface area contributed by atoms with E-state index in [0.717, 1.165) is 5.69 Å². The summed E-state index contributed by atoms with van der Waals surface area (Å²) in [5, 5.41) is 0. The van der Waals surface area contributed by atoms with Gasteiger partial charge in [0.2, 0.25) is 0 Å². The van der Waals surface area contributed by atoms with Gasteiger partial charge < -0.3 is 0 Å². The molecule has 0 fully saturated rings. The van der Waals surface area contributed by atoms with Crippen LogP contribution in [0.15, 0.2) is 64.2 Å². The van der Waals surface area contributed by atoms with E-state index in [9.17, 15) is 0 Å². The van der Waals surface area contributed by atoms with E-state index in [-0.39, 0.29) is 0 Å². The fourth-order valence-electron chi connectivity index (χ4n) is 3.79. The molecule has 0 bridgehead atoms. The Bertz CT molecular complexity index is 886. The third kappa shape index (κ3) is 3.37. The molecular weight excluding hydrogens is 302 g/mol. The highest BCUT2D eigenvalue weighted by molar-refractivity contribution is 5.85. The van der Waals surface area contributed by atoms with Crippen molar-refractivity contribution < 1.29 is 0 Å². The average Bonchev–Trinajstić information content (AvgIpc) is 2.82. The van der Waals surface area contributed by atoms with Crippen LogP contribution in [0, 0.1) is 20.8 Å². The molecule has 25 heavy (non-hydrogen) atoms. The maximum Gasteiger partial charge on any atom is 0.0688 e. The average molecular weight is 329 g/mol. The smallest absolute Gasteiger partial charge is 0.0688 e. The Balaban J connectivity index is 2.01. The number of nitrogens with zero attached hydrogens (tertiary/aromatic N) is 1. The second kappa shape index (κ2) is 6.84. The SMILES string of the molecule is CC1=CC(c2ccccc2C=Nc2c(C)cc(C)cc2C)C(C)=C1C. The summed E-state index contributed by atoms with van der Waals surface area (Å²) in [4.78, 5) is 4.85. The van der Waals surface area contributed by atoms with Gasteiger partial charge in [-0.05, 0) is 69.4 Å². The van der Waals surface area contributed by atoms with Crippen LogP contribution in [0.5, 0.6) is 0 Å². The molecular formula is C24H27N. The predicted molar refractivity (Wildman–Crippen MR) is 109 cm³/mol. The van der Waals surface area contributed by atoms with Crippen molar-refractivity contribution >= 4 is 11.9 Å². The lowest BCUT2D eigenvalue weighted by molar-refractivity contribution is 0.999. The zero-order valence-corrected chi connectivity index (χ0v) is 16.1. The predicted octanol–water partition coefficient (Wildman–Crippen LogP) is 6.74. The molecule has 0 spiro atoms. The summed E-state index contributed by atoms with van der Waals surface area (Å²) in [5.41, 5.74) is 11.6. The summed E-state index contributed by atoms with van der Waals surface area (Å²) in [6, 6.07) is 13.0. The molecule has 1 unspecified atom stereocenters. The minimum atomic E-state index is 0.364. The monoisotopic (exact) mass is 329 g/mol. The highest BCUT2D eigenvalue weighted by atomic mass is 14.7. The molecule has 3 rings (SSSR count).